The SMILES string of the molecule is CC(C)(C)OC(=O)N1CCC2(c3ccccc3)CNCC2C1. The Hall–Kier alpha value is -1.55. The van der Waals surface area contributed by atoms with Crippen LogP contribution in [0.2, 0.25) is 0 Å². The third-order valence-electron chi connectivity index (χ3n) is 4.88. The van der Waals surface area contributed by atoms with E-state index in [-0.39, 0.29) is 11.5 Å². The first-order valence-corrected chi connectivity index (χ1v) is 8.15. The molecule has 120 valence electrons. The number of carbonyl (C=O) groups excluding carboxylic acids is 1. The number of ether oxygens (including phenoxy) is 1. The number of nitrogens with one attached hydrogen (secondary N) is 1. The van der Waals surface area contributed by atoms with Crippen molar-refractivity contribution >= 4 is 6.09 Å². The second-order valence-electron chi connectivity index (χ2n) is 7.53. The molecule has 0 spiro atoms. The Labute approximate surface area is 132 Å². The molecule has 2 unspecified atom stereocenters. The predicted octanol–water partition coefficient (Wildman–Crippen LogP) is 2.78. The van der Waals surface area contributed by atoms with Gasteiger partial charge < -0.3 is 15.0 Å². The molecule has 4 heteroatoms. The summed E-state index contributed by atoms with van der Waals surface area (Å²) in [7, 11) is 0. The molecule has 0 aromatic heterocycles. The van der Waals surface area contributed by atoms with Crippen LogP contribution in [0.15, 0.2) is 30.3 Å². The minimum Gasteiger partial charge on any atom is -0.444 e. The highest BCUT2D eigenvalue weighted by Gasteiger charge is 2.48. The lowest BCUT2D eigenvalue weighted by molar-refractivity contribution is 0.0109. The maximum absolute atomic E-state index is 12.3. The van der Waals surface area contributed by atoms with Gasteiger partial charge >= 0.3 is 6.09 Å². The normalized spacial score (nSPS) is 28.3. The molecule has 2 fully saturated rings. The van der Waals surface area contributed by atoms with Crippen molar-refractivity contribution in [3.05, 3.63) is 35.9 Å². The fourth-order valence-corrected chi connectivity index (χ4v) is 3.78. The summed E-state index contributed by atoms with van der Waals surface area (Å²) in [5.41, 5.74) is 1.13. The summed E-state index contributed by atoms with van der Waals surface area (Å²) < 4.78 is 5.53. The second kappa shape index (κ2) is 5.58. The summed E-state index contributed by atoms with van der Waals surface area (Å²) in [5.74, 6) is 0.455. The van der Waals surface area contributed by atoms with E-state index in [1.807, 2.05) is 25.7 Å². The van der Waals surface area contributed by atoms with Crippen LogP contribution < -0.4 is 5.32 Å². The molecule has 2 aliphatic heterocycles. The lowest BCUT2D eigenvalue weighted by atomic mass is 9.68. The van der Waals surface area contributed by atoms with Crippen LogP contribution in [-0.2, 0) is 10.2 Å². The first-order chi connectivity index (χ1) is 10.4. The number of rotatable bonds is 1. The maximum Gasteiger partial charge on any atom is 0.410 e. The van der Waals surface area contributed by atoms with Gasteiger partial charge in [0.15, 0.2) is 0 Å². The first kappa shape index (κ1) is 15.3. The third kappa shape index (κ3) is 2.84. The standard InChI is InChI=1S/C18H26N2O2/c1-17(2,3)22-16(21)20-10-9-18(13-19-11-15(18)12-20)14-7-5-4-6-8-14/h4-8,15,19H,9-13H2,1-3H3. The molecule has 4 nitrogen and oxygen atoms in total. The quantitative estimate of drug-likeness (QED) is 0.867. The smallest absolute Gasteiger partial charge is 0.410 e. The predicted molar refractivity (Wildman–Crippen MR) is 86.9 cm³/mol. The van der Waals surface area contributed by atoms with Crippen LogP contribution >= 0.6 is 0 Å². The van der Waals surface area contributed by atoms with Crippen LogP contribution in [0.3, 0.4) is 0 Å². The second-order valence-corrected chi connectivity index (χ2v) is 7.53. The molecule has 3 rings (SSSR count). The summed E-state index contributed by atoms with van der Waals surface area (Å²) >= 11 is 0. The Morgan fingerprint density at radius 1 is 1.32 bits per heavy atom. The average Bonchev–Trinajstić information content (AvgIpc) is 2.90. The minimum atomic E-state index is -0.432. The summed E-state index contributed by atoms with van der Waals surface area (Å²) in [5, 5.41) is 3.53. The van der Waals surface area contributed by atoms with E-state index in [1.165, 1.54) is 5.56 Å². The monoisotopic (exact) mass is 302 g/mol. The van der Waals surface area contributed by atoms with Gasteiger partial charge in [0.2, 0.25) is 0 Å². The van der Waals surface area contributed by atoms with Crippen molar-refractivity contribution in [1.29, 1.82) is 0 Å². The van der Waals surface area contributed by atoms with E-state index in [1.54, 1.807) is 0 Å². The molecule has 0 saturated carbocycles. The van der Waals surface area contributed by atoms with Gasteiger partial charge in [0.1, 0.15) is 5.60 Å². The highest BCUT2D eigenvalue weighted by Crippen LogP contribution is 2.42. The molecule has 2 heterocycles. The molecule has 1 aromatic carbocycles. The number of piperidine rings is 1. The van der Waals surface area contributed by atoms with Crippen molar-refractivity contribution in [3.63, 3.8) is 0 Å². The molecule has 2 aliphatic rings. The molecule has 0 aliphatic carbocycles. The summed E-state index contributed by atoms with van der Waals surface area (Å²) in [4.78, 5) is 14.2. The Balaban J connectivity index is 1.76. The van der Waals surface area contributed by atoms with E-state index in [2.05, 4.69) is 35.6 Å². The van der Waals surface area contributed by atoms with E-state index in [4.69, 9.17) is 4.74 Å². The summed E-state index contributed by atoms with van der Waals surface area (Å²) in [6, 6.07) is 10.7. The van der Waals surface area contributed by atoms with Crippen molar-refractivity contribution in [1.82, 2.24) is 10.2 Å². The maximum atomic E-state index is 12.3. The highest BCUT2D eigenvalue weighted by molar-refractivity contribution is 5.68. The van der Waals surface area contributed by atoms with Crippen molar-refractivity contribution < 1.29 is 9.53 Å². The molecule has 1 amide bonds. The molecule has 1 N–H and O–H groups in total. The number of amides is 1. The van der Waals surface area contributed by atoms with E-state index in [9.17, 15) is 4.79 Å². The fourth-order valence-electron chi connectivity index (χ4n) is 3.78. The fraction of sp³-hybridized carbons (Fsp3) is 0.611. The Bertz CT molecular complexity index is 538. The van der Waals surface area contributed by atoms with Crippen molar-refractivity contribution in [2.75, 3.05) is 26.2 Å². The van der Waals surface area contributed by atoms with Crippen LogP contribution in [0.5, 0.6) is 0 Å². The molecule has 2 saturated heterocycles. The zero-order chi connectivity index (χ0) is 15.8. The molecule has 2 atom stereocenters. The minimum absolute atomic E-state index is 0.166. The summed E-state index contributed by atoms with van der Waals surface area (Å²) in [6.45, 7) is 9.26. The average molecular weight is 302 g/mol. The van der Waals surface area contributed by atoms with Crippen LogP contribution in [0.1, 0.15) is 32.8 Å². The molecule has 22 heavy (non-hydrogen) atoms. The van der Waals surface area contributed by atoms with Gasteiger partial charge in [-0.15, -0.1) is 0 Å². The van der Waals surface area contributed by atoms with Gasteiger partial charge in [0.05, 0.1) is 0 Å². The van der Waals surface area contributed by atoms with Gasteiger partial charge in [-0.25, -0.2) is 4.79 Å². The number of hydrogen-bond donors (Lipinski definition) is 1. The molecule has 0 bridgehead atoms. The number of nitrogens with zero attached hydrogens (tertiary/aromatic N) is 1. The largest absolute Gasteiger partial charge is 0.444 e. The number of carbonyl (C=O) groups is 1. The van der Waals surface area contributed by atoms with Crippen LogP contribution in [0.25, 0.3) is 0 Å². The lowest BCUT2D eigenvalue weighted by Crippen LogP contribution is -2.52. The Morgan fingerprint density at radius 3 is 2.73 bits per heavy atom. The topological polar surface area (TPSA) is 41.6 Å². The molecule has 0 radical (unpaired) electrons. The Morgan fingerprint density at radius 2 is 2.05 bits per heavy atom. The lowest BCUT2D eigenvalue weighted by Gasteiger charge is -2.44. The van der Waals surface area contributed by atoms with Crippen molar-refractivity contribution in [3.8, 4) is 0 Å². The highest BCUT2D eigenvalue weighted by atomic mass is 16.6. The summed E-state index contributed by atoms with van der Waals surface area (Å²) in [6.07, 6.45) is 0.814. The molecular weight excluding hydrogens is 276 g/mol. The van der Waals surface area contributed by atoms with Gasteiger partial charge in [-0.2, -0.15) is 0 Å². The number of hydrogen-bond acceptors (Lipinski definition) is 3. The molecular formula is C18H26N2O2. The molecule has 1 aromatic rings. The van der Waals surface area contributed by atoms with Gasteiger partial charge in [-0.1, -0.05) is 30.3 Å². The van der Waals surface area contributed by atoms with Gasteiger partial charge in [-0.3, -0.25) is 0 Å². The van der Waals surface area contributed by atoms with Gasteiger partial charge in [0.25, 0.3) is 0 Å². The van der Waals surface area contributed by atoms with E-state index in [0.717, 1.165) is 32.6 Å². The number of benzene rings is 1. The van der Waals surface area contributed by atoms with E-state index < -0.39 is 5.60 Å². The van der Waals surface area contributed by atoms with Crippen LogP contribution in [0, 0.1) is 5.92 Å². The van der Waals surface area contributed by atoms with Crippen molar-refractivity contribution in [2.45, 2.75) is 38.2 Å². The van der Waals surface area contributed by atoms with Gasteiger partial charge in [0, 0.05) is 37.5 Å². The third-order valence-corrected chi connectivity index (χ3v) is 4.88. The number of fused-ring (bicyclic) bond motifs is 1. The van der Waals surface area contributed by atoms with E-state index >= 15 is 0 Å². The Kier molecular flexibility index (Phi) is 3.89. The van der Waals surface area contributed by atoms with Crippen molar-refractivity contribution in [2.24, 2.45) is 5.92 Å². The van der Waals surface area contributed by atoms with Crippen LogP contribution in [-0.4, -0.2) is 42.8 Å². The number of likely N-dealkylation sites (tertiary alicyclic amines) is 1. The van der Waals surface area contributed by atoms with E-state index in [0.29, 0.717) is 5.92 Å². The zero-order valence-corrected chi connectivity index (χ0v) is 13.8. The van der Waals surface area contributed by atoms with Crippen LogP contribution in [0.4, 0.5) is 4.79 Å². The zero-order valence-electron chi connectivity index (χ0n) is 13.8. The first-order valence-electron chi connectivity index (χ1n) is 8.15. The van der Waals surface area contributed by atoms with Gasteiger partial charge in [-0.05, 0) is 32.8 Å².